The number of aryl methyl sites for hydroxylation is 1. The summed E-state index contributed by atoms with van der Waals surface area (Å²) in [6.45, 7) is 6.76. The number of anilines is 1. The van der Waals surface area contributed by atoms with Gasteiger partial charge in [-0.1, -0.05) is 125 Å². The maximum atomic E-state index is 6.77. The summed E-state index contributed by atoms with van der Waals surface area (Å²) in [7, 11) is 0. The van der Waals surface area contributed by atoms with Crippen molar-refractivity contribution in [3.05, 3.63) is 77.4 Å². The van der Waals surface area contributed by atoms with E-state index in [0.717, 1.165) is 5.69 Å². The third kappa shape index (κ3) is 4.60. The van der Waals surface area contributed by atoms with Crippen LogP contribution in [0.4, 0.5) is 5.69 Å². The zero-order chi connectivity index (χ0) is 23.3. The quantitative estimate of drug-likeness (QED) is 0.234. The molecule has 0 aromatic heterocycles. The van der Waals surface area contributed by atoms with Crippen LogP contribution in [-0.2, 0) is 5.41 Å². The van der Waals surface area contributed by atoms with Crippen molar-refractivity contribution in [1.82, 2.24) is 0 Å². The van der Waals surface area contributed by atoms with E-state index >= 15 is 0 Å². The first-order valence-corrected chi connectivity index (χ1v) is 13.2. The molecular weight excluding hydrogens is 398 g/mol. The molecule has 2 N–H and O–H groups in total. The molecule has 0 aliphatic heterocycles. The van der Waals surface area contributed by atoms with Gasteiger partial charge in [0.25, 0.3) is 0 Å². The van der Waals surface area contributed by atoms with Crippen molar-refractivity contribution in [2.45, 2.75) is 90.4 Å². The number of fused-ring (bicyclic) bond motifs is 3. The van der Waals surface area contributed by atoms with E-state index in [-0.39, 0.29) is 5.41 Å². The number of nitrogens with two attached hydrogens (primary N) is 1. The van der Waals surface area contributed by atoms with Gasteiger partial charge < -0.3 is 5.73 Å². The second kappa shape index (κ2) is 10.6. The largest absolute Gasteiger partial charge is 0.398 e. The van der Waals surface area contributed by atoms with Gasteiger partial charge in [-0.3, -0.25) is 0 Å². The van der Waals surface area contributed by atoms with E-state index in [1.807, 2.05) is 0 Å². The fourth-order valence-electron chi connectivity index (χ4n) is 5.99. The van der Waals surface area contributed by atoms with Crippen LogP contribution in [0.1, 0.15) is 94.7 Å². The maximum absolute atomic E-state index is 6.77. The lowest BCUT2D eigenvalue weighted by Crippen LogP contribution is -2.26. The smallest absolute Gasteiger partial charge is 0.0397 e. The summed E-state index contributed by atoms with van der Waals surface area (Å²) in [6, 6.07) is 22.6. The van der Waals surface area contributed by atoms with Crippen LogP contribution in [0.25, 0.3) is 22.3 Å². The maximum Gasteiger partial charge on any atom is 0.0397 e. The first-order valence-electron chi connectivity index (χ1n) is 13.2. The Labute approximate surface area is 201 Å². The number of hydrogen-bond acceptors (Lipinski definition) is 1. The number of unbranched alkanes of at least 4 members (excludes halogenated alkanes) is 6. The first-order chi connectivity index (χ1) is 16.1. The molecule has 174 valence electrons. The molecule has 0 unspecified atom stereocenters. The van der Waals surface area contributed by atoms with Gasteiger partial charge in [0.15, 0.2) is 0 Å². The topological polar surface area (TPSA) is 26.0 Å². The van der Waals surface area contributed by atoms with Crippen molar-refractivity contribution in [2.75, 3.05) is 5.73 Å². The summed E-state index contributed by atoms with van der Waals surface area (Å²) in [4.78, 5) is 0. The van der Waals surface area contributed by atoms with Gasteiger partial charge in [0.05, 0.1) is 0 Å². The summed E-state index contributed by atoms with van der Waals surface area (Å²) in [6.07, 6.45) is 12.8. The summed E-state index contributed by atoms with van der Waals surface area (Å²) >= 11 is 0. The van der Waals surface area contributed by atoms with Gasteiger partial charge in [0, 0.05) is 16.7 Å². The molecule has 3 aromatic carbocycles. The molecule has 1 aliphatic carbocycles. The lowest BCUT2D eigenvalue weighted by molar-refractivity contribution is 0.402. The highest BCUT2D eigenvalue weighted by atomic mass is 14.6. The van der Waals surface area contributed by atoms with Crippen LogP contribution in [-0.4, -0.2) is 0 Å². The van der Waals surface area contributed by atoms with Crippen LogP contribution in [0.3, 0.4) is 0 Å². The molecule has 0 saturated heterocycles. The van der Waals surface area contributed by atoms with Crippen LogP contribution in [0.2, 0.25) is 0 Å². The average Bonchev–Trinajstić information content (AvgIpc) is 3.10. The van der Waals surface area contributed by atoms with Gasteiger partial charge in [0.1, 0.15) is 0 Å². The Morgan fingerprint density at radius 1 is 0.667 bits per heavy atom. The molecule has 3 aromatic rings. The van der Waals surface area contributed by atoms with Crippen LogP contribution in [0.15, 0.2) is 60.7 Å². The number of benzene rings is 3. The summed E-state index contributed by atoms with van der Waals surface area (Å²) < 4.78 is 0. The Balaban J connectivity index is 1.90. The Kier molecular flexibility index (Phi) is 7.58. The van der Waals surface area contributed by atoms with Gasteiger partial charge >= 0.3 is 0 Å². The highest BCUT2D eigenvalue weighted by Gasteiger charge is 2.44. The predicted octanol–water partition coefficient (Wildman–Crippen LogP) is 9.45. The molecule has 1 nitrogen and oxygen atoms in total. The minimum absolute atomic E-state index is 0.0585. The number of hydrogen-bond donors (Lipinski definition) is 1. The summed E-state index contributed by atoms with van der Waals surface area (Å²) in [5.74, 6) is 0. The summed E-state index contributed by atoms with van der Waals surface area (Å²) in [5, 5.41) is 0. The first kappa shape index (κ1) is 23.6. The second-order valence-corrected chi connectivity index (χ2v) is 10.1. The van der Waals surface area contributed by atoms with Crippen LogP contribution >= 0.6 is 0 Å². The monoisotopic (exact) mass is 439 g/mol. The van der Waals surface area contributed by atoms with Crippen molar-refractivity contribution < 1.29 is 0 Å². The van der Waals surface area contributed by atoms with E-state index in [1.54, 1.807) is 0 Å². The molecular formula is C32H41N. The third-order valence-corrected chi connectivity index (χ3v) is 7.70. The highest BCUT2D eigenvalue weighted by Crippen LogP contribution is 2.58. The molecule has 4 rings (SSSR count). The molecule has 33 heavy (non-hydrogen) atoms. The van der Waals surface area contributed by atoms with Crippen LogP contribution in [0.5, 0.6) is 0 Å². The van der Waals surface area contributed by atoms with E-state index < -0.39 is 0 Å². The SMILES string of the molecule is CCCCCCC1(CCCCCC)c2ccccc2-c2ccc(N)c(-c3ccc(C)cc3)c21. The number of nitrogen functional groups attached to an aromatic ring is 1. The van der Waals surface area contributed by atoms with Crippen LogP contribution in [0, 0.1) is 6.92 Å². The zero-order valence-corrected chi connectivity index (χ0v) is 20.9. The standard InChI is InChI=1S/C32H41N/c1-4-6-8-12-22-32(23-13-9-7-5-2)28-15-11-10-14-26(28)27-20-21-29(33)30(31(27)32)25-18-16-24(3)17-19-25/h10-11,14-21H,4-9,12-13,22-23,33H2,1-3H3. The molecule has 0 amide bonds. The molecule has 0 saturated carbocycles. The van der Waals surface area contributed by atoms with Gasteiger partial charge in [-0.2, -0.15) is 0 Å². The molecule has 0 radical (unpaired) electrons. The molecule has 0 fully saturated rings. The Morgan fingerprint density at radius 3 is 1.94 bits per heavy atom. The molecule has 1 aliphatic rings. The van der Waals surface area contributed by atoms with E-state index in [2.05, 4.69) is 81.4 Å². The van der Waals surface area contributed by atoms with E-state index in [1.165, 1.54) is 103 Å². The van der Waals surface area contributed by atoms with Crippen molar-refractivity contribution in [3.8, 4) is 22.3 Å². The van der Waals surface area contributed by atoms with Gasteiger partial charge in [-0.25, -0.2) is 0 Å². The van der Waals surface area contributed by atoms with Crippen molar-refractivity contribution in [1.29, 1.82) is 0 Å². The molecule has 0 bridgehead atoms. The molecule has 0 atom stereocenters. The fourth-order valence-corrected chi connectivity index (χ4v) is 5.99. The molecule has 0 heterocycles. The van der Waals surface area contributed by atoms with E-state index in [4.69, 9.17) is 5.73 Å². The van der Waals surface area contributed by atoms with Gasteiger partial charge in [0.2, 0.25) is 0 Å². The number of rotatable bonds is 11. The average molecular weight is 440 g/mol. The second-order valence-electron chi connectivity index (χ2n) is 10.1. The van der Waals surface area contributed by atoms with Crippen molar-refractivity contribution >= 4 is 5.69 Å². The zero-order valence-electron chi connectivity index (χ0n) is 20.9. The van der Waals surface area contributed by atoms with Gasteiger partial charge in [-0.05, 0) is 53.6 Å². The van der Waals surface area contributed by atoms with Crippen LogP contribution < -0.4 is 5.73 Å². The minimum atomic E-state index is 0.0585. The Hall–Kier alpha value is -2.54. The van der Waals surface area contributed by atoms with E-state index in [9.17, 15) is 0 Å². The van der Waals surface area contributed by atoms with Crippen molar-refractivity contribution in [3.63, 3.8) is 0 Å². The normalized spacial score (nSPS) is 13.7. The van der Waals surface area contributed by atoms with Crippen molar-refractivity contribution in [2.24, 2.45) is 0 Å². The minimum Gasteiger partial charge on any atom is -0.398 e. The van der Waals surface area contributed by atoms with Gasteiger partial charge in [-0.15, -0.1) is 0 Å². The summed E-state index contributed by atoms with van der Waals surface area (Å²) in [5.41, 5.74) is 17.4. The Morgan fingerprint density at radius 2 is 1.30 bits per heavy atom. The highest BCUT2D eigenvalue weighted by molar-refractivity contribution is 5.93. The third-order valence-electron chi connectivity index (χ3n) is 7.70. The predicted molar refractivity (Wildman–Crippen MR) is 145 cm³/mol. The lowest BCUT2D eigenvalue weighted by atomic mass is 9.68. The van der Waals surface area contributed by atoms with E-state index in [0.29, 0.717) is 0 Å². The fraction of sp³-hybridized carbons (Fsp3) is 0.438. The molecule has 1 heteroatoms. The molecule has 0 spiro atoms. The Bertz CT molecular complexity index is 1050. The lowest BCUT2D eigenvalue weighted by Gasteiger charge is -2.35.